The van der Waals surface area contributed by atoms with Crippen LogP contribution < -0.4 is 5.32 Å². The second kappa shape index (κ2) is 12.1. The van der Waals surface area contributed by atoms with Crippen molar-refractivity contribution in [3.63, 3.8) is 0 Å². The number of aromatic nitrogens is 2. The van der Waals surface area contributed by atoms with Gasteiger partial charge in [0.1, 0.15) is 0 Å². The molecule has 2 amide bonds. The number of carbonyl (C=O) groups is 2. The Morgan fingerprint density at radius 1 is 1.02 bits per heavy atom. The van der Waals surface area contributed by atoms with Crippen LogP contribution in [0.3, 0.4) is 0 Å². The van der Waals surface area contributed by atoms with Gasteiger partial charge in [0.05, 0.1) is 36.0 Å². The Bertz CT molecular complexity index is 1420. The standard InChI is InChI=1S/C32H36F3N5O3/c1-21-7-9-26(10-8-21)40-29(32(33,34)35)27(15-36-40)31(42)39-18-24-16-38(17-25(24)19-39)13-11-28(22-5-3-2-4-6-22)37-30(41)23-12-14-43-20-23/h2-10,15,23-25,28H,11-14,16-20H2,1H3,(H,37,41)/t23?,24-,25?,28?/m0/s1. The Morgan fingerprint density at radius 2 is 1.72 bits per heavy atom. The molecule has 0 spiro atoms. The number of alkyl halides is 3. The molecule has 4 atom stereocenters. The first-order valence-electron chi connectivity index (χ1n) is 14.8. The summed E-state index contributed by atoms with van der Waals surface area (Å²) in [5.74, 6) is -0.364. The Morgan fingerprint density at radius 3 is 2.35 bits per heavy atom. The van der Waals surface area contributed by atoms with Crippen molar-refractivity contribution in [1.82, 2.24) is 24.9 Å². The largest absolute Gasteiger partial charge is 0.434 e. The average molecular weight is 596 g/mol. The molecule has 2 aromatic carbocycles. The summed E-state index contributed by atoms with van der Waals surface area (Å²) >= 11 is 0. The summed E-state index contributed by atoms with van der Waals surface area (Å²) < 4.78 is 48.8. The highest BCUT2D eigenvalue weighted by Crippen LogP contribution is 2.37. The second-order valence-corrected chi connectivity index (χ2v) is 12.0. The molecule has 1 aromatic heterocycles. The molecule has 3 unspecified atom stereocenters. The molecule has 228 valence electrons. The second-order valence-electron chi connectivity index (χ2n) is 12.0. The molecule has 1 N–H and O–H groups in total. The van der Waals surface area contributed by atoms with Crippen LogP contribution in [0.2, 0.25) is 0 Å². The van der Waals surface area contributed by atoms with Gasteiger partial charge in [0.2, 0.25) is 5.91 Å². The summed E-state index contributed by atoms with van der Waals surface area (Å²) in [7, 11) is 0. The fourth-order valence-electron chi connectivity index (χ4n) is 6.62. The first-order valence-corrected chi connectivity index (χ1v) is 14.8. The van der Waals surface area contributed by atoms with Gasteiger partial charge < -0.3 is 19.9 Å². The molecule has 0 radical (unpaired) electrons. The molecular weight excluding hydrogens is 559 g/mol. The van der Waals surface area contributed by atoms with E-state index >= 15 is 0 Å². The van der Waals surface area contributed by atoms with E-state index in [1.54, 1.807) is 29.2 Å². The predicted molar refractivity (Wildman–Crippen MR) is 153 cm³/mol. The summed E-state index contributed by atoms with van der Waals surface area (Å²) in [5, 5.41) is 7.20. The van der Waals surface area contributed by atoms with Crippen molar-refractivity contribution in [3.8, 4) is 5.69 Å². The normalized spacial score (nSPS) is 23.0. The van der Waals surface area contributed by atoms with Gasteiger partial charge in [-0.1, -0.05) is 48.0 Å². The van der Waals surface area contributed by atoms with E-state index in [-0.39, 0.29) is 35.4 Å². The number of aryl methyl sites for hydroxylation is 1. The van der Waals surface area contributed by atoms with Crippen LogP contribution in [-0.4, -0.2) is 77.3 Å². The molecule has 3 aliphatic rings. The van der Waals surface area contributed by atoms with E-state index in [0.29, 0.717) is 26.3 Å². The Kier molecular flexibility index (Phi) is 8.28. The van der Waals surface area contributed by atoms with Crippen molar-refractivity contribution >= 4 is 11.8 Å². The first-order chi connectivity index (χ1) is 20.7. The van der Waals surface area contributed by atoms with E-state index in [1.807, 2.05) is 37.3 Å². The average Bonchev–Trinajstić information content (AvgIpc) is 3.79. The minimum atomic E-state index is -4.74. The van der Waals surface area contributed by atoms with E-state index in [4.69, 9.17) is 4.74 Å². The topological polar surface area (TPSA) is 79.7 Å². The van der Waals surface area contributed by atoms with Gasteiger partial charge in [-0.25, -0.2) is 4.68 Å². The number of amides is 2. The van der Waals surface area contributed by atoms with Gasteiger partial charge in [0, 0.05) is 39.3 Å². The number of rotatable bonds is 8. The van der Waals surface area contributed by atoms with E-state index in [2.05, 4.69) is 15.3 Å². The molecular formula is C32H36F3N5O3. The molecule has 6 rings (SSSR count). The highest BCUT2D eigenvalue weighted by atomic mass is 19.4. The third-order valence-corrected chi connectivity index (χ3v) is 8.95. The van der Waals surface area contributed by atoms with Crippen molar-refractivity contribution in [2.75, 3.05) is 45.9 Å². The molecule has 0 aliphatic carbocycles. The zero-order valence-corrected chi connectivity index (χ0v) is 24.1. The summed E-state index contributed by atoms with van der Waals surface area (Å²) in [4.78, 5) is 30.2. The van der Waals surface area contributed by atoms with Gasteiger partial charge in [0.15, 0.2) is 5.69 Å². The zero-order chi connectivity index (χ0) is 30.1. The molecule has 11 heteroatoms. The van der Waals surface area contributed by atoms with Gasteiger partial charge in [-0.15, -0.1) is 0 Å². The van der Waals surface area contributed by atoms with Crippen LogP contribution in [-0.2, 0) is 15.7 Å². The van der Waals surface area contributed by atoms with Gasteiger partial charge in [-0.3, -0.25) is 9.59 Å². The van der Waals surface area contributed by atoms with Crippen LogP contribution in [0.15, 0.2) is 60.8 Å². The first kappa shape index (κ1) is 29.4. The molecule has 0 bridgehead atoms. The smallest absolute Gasteiger partial charge is 0.381 e. The molecule has 3 saturated heterocycles. The lowest BCUT2D eigenvalue weighted by atomic mass is 10.0. The number of likely N-dealkylation sites (tertiary alicyclic amines) is 2. The summed E-state index contributed by atoms with van der Waals surface area (Å²) in [6.45, 7) is 6.02. The highest BCUT2D eigenvalue weighted by Gasteiger charge is 2.45. The number of hydrogen-bond donors (Lipinski definition) is 1. The quantitative estimate of drug-likeness (QED) is 0.416. The van der Waals surface area contributed by atoms with Crippen LogP contribution >= 0.6 is 0 Å². The minimum absolute atomic E-state index is 0.0164. The monoisotopic (exact) mass is 595 g/mol. The predicted octanol–water partition coefficient (Wildman–Crippen LogP) is 4.49. The fourth-order valence-corrected chi connectivity index (χ4v) is 6.62. The van der Waals surface area contributed by atoms with Crippen molar-refractivity contribution in [2.24, 2.45) is 17.8 Å². The number of nitrogens with zero attached hydrogens (tertiary/aromatic N) is 4. The van der Waals surface area contributed by atoms with Gasteiger partial charge in [-0.2, -0.15) is 18.3 Å². The van der Waals surface area contributed by atoms with Crippen molar-refractivity contribution in [3.05, 3.63) is 83.2 Å². The lowest BCUT2D eigenvalue weighted by Gasteiger charge is -2.25. The number of carbonyl (C=O) groups excluding carboxylic acids is 2. The number of nitrogens with one attached hydrogen (secondary N) is 1. The molecule has 3 aromatic rings. The van der Waals surface area contributed by atoms with Crippen molar-refractivity contribution < 1.29 is 27.5 Å². The third kappa shape index (κ3) is 6.33. The van der Waals surface area contributed by atoms with Crippen LogP contribution in [0.1, 0.15) is 46.1 Å². The maximum absolute atomic E-state index is 14.2. The third-order valence-electron chi connectivity index (χ3n) is 8.95. The maximum atomic E-state index is 14.2. The van der Waals surface area contributed by atoms with Crippen molar-refractivity contribution in [2.45, 2.75) is 32.0 Å². The SMILES string of the molecule is Cc1ccc(-n2ncc(C(=O)N3CC4CN(CCC(NC(=O)C5CCOC5)c5ccccc5)C[C@H]4C3)c2C(F)(F)F)cc1. The van der Waals surface area contributed by atoms with Gasteiger partial charge >= 0.3 is 6.18 Å². The van der Waals surface area contributed by atoms with Crippen LogP contribution in [0.5, 0.6) is 0 Å². The molecule has 8 nitrogen and oxygen atoms in total. The Labute approximate surface area is 248 Å². The lowest BCUT2D eigenvalue weighted by molar-refractivity contribution is -0.143. The van der Waals surface area contributed by atoms with Crippen molar-refractivity contribution in [1.29, 1.82) is 0 Å². The van der Waals surface area contributed by atoms with E-state index in [1.165, 1.54) is 0 Å². The summed E-state index contributed by atoms with van der Waals surface area (Å²) in [6.07, 6.45) is -2.23. The molecule has 3 fully saturated rings. The molecule has 3 aliphatic heterocycles. The lowest BCUT2D eigenvalue weighted by Crippen LogP contribution is -2.37. The maximum Gasteiger partial charge on any atom is 0.434 e. The highest BCUT2D eigenvalue weighted by molar-refractivity contribution is 5.95. The summed E-state index contributed by atoms with van der Waals surface area (Å²) in [6, 6.07) is 16.4. The van der Waals surface area contributed by atoms with Crippen LogP contribution in [0, 0.1) is 24.7 Å². The summed E-state index contributed by atoms with van der Waals surface area (Å²) in [5.41, 5.74) is 0.764. The van der Waals surface area contributed by atoms with Crippen LogP contribution in [0.25, 0.3) is 5.69 Å². The minimum Gasteiger partial charge on any atom is -0.381 e. The fraction of sp³-hybridized carbons (Fsp3) is 0.469. The molecule has 0 saturated carbocycles. The van der Waals surface area contributed by atoms with E-state index in [0.717, 1.165) is 54.5 Å². The zero-order valence-electron chi connectivity index (χ0n) is 24.1. The van der Waals surface area contributed by atoms with E-state index < -0.39 is 23.3 Å². The van der Waals surface area contributed by atoms with Gasteiger partial charge in [0.25, 0.3) is 5.91 Å². The Balaban J connectivity index is 1.09. The number of fused-ring (bicyclic) bond motifs is 1. The van der Waals surface area contributed by atoms with Gasteiger partial charge in [-0.05, 0) is 49.3 Å². The van der Waals surface area contributed by atoms with E-state index in [9.17, 15) is 22.8 Å². The number of benzene rings is 2. The molecule has 43 heavy (non-hydrogen) atoms. The number of hydrogen-bond acceptors (Lipinski definition) is 5. The number of halogens is 3. The molecule has 4 heterocycles. The number of ether oxygens (including phenoxy) is 1. The van der Waals surface area contributed by atoms with Crippen LogP contribution in [0.4, 0.5) is 13.2 Å². The Hall–Kier alpha value is -3.70.